The fraction of sp³-hybridized carbons (Fsp3) is 0.250. The van der Waals surface area contributed by atoms with E-state index in [1.165, 1.54) is 41.1 Å². The summed E-state index contributed by atoms with van der Waals surface area (Å²) in [6, 6.07) is 34.0. The number of benzene rings is 3. The van der Waals surface area contributed by atoms with Crippen molar-refractivity contribution in [3.05, 3.63) is 91.0 Å². The Kier molecular flexibility index (Phi) is 5.40. The van der Waals surface area contributed by atoms with Crippen LogP contribution in [0.4, 0.5) is 0 Å². The van der Waals surface area contributed by atoms with Crippen molar-refractivity contribution in [3.8, 4) is 0 Å². The molecule has 0 atom stereocenters. The molecule has 0 fully saturated rings. The summed E-state index contributed by atoms with van der Waals surface area (Å²) in [5.74, 6) is 0. The van der Waals surface area contributed by atoms with Crippen LogP contribution in [0.2, 0.25) is 0 Å². The zero-order chi connectivity index (χ0) is 17.6. The molecule has 0 spiro atoms. The third-order valence-electron chi connectivity index (χ3n) is 5.57. The first kappa shape index (κ1) is 17.9. The van der Waals surface area contributed by atoms with Crippen molar-refractivity contribution in [1.29, 1.82) is 0 Å². The van der Waals surface area contributed by atoms with Crippen LogP contribution in [0.1, 0.15) is 26.7 Å². The molecule has 0 aliphatic heterocycles. The number of hydrogen-bond donors (Lipinski definition) is 0. The quantitative estimate of drug-likeness (QED) is 0.506. The Bertz CT molecular complexity index is 669. The summed E-state index contributed by atoms with van der Waals surface area (Å²) in [4.78, 5) is 0. The van der Waals surface area contributed by atoms with Crippen LogP contribution >= 0.6 is 6.60 Å². The molecule has 3 rings (SSSR count). The maximum absolute atomic E-state index is 2.48. The summed E-state index contributed by atoms with van der Waals surface area (Å²) in [7, 11) is 0. The van der Waals surface area contributed by atoms with Crippen LogP contribution in [0.15, 0.2) is 91.0 Å². The Morgan fingerprint density at radius 2 is 0.760 bits per heavy atom. The second-order valence-corrected chi connectivity index (χ2v) is 12.4. The van der Waals surface area contributed by atoms with Crippen LogP contribution in [-0.2, 0) is 0 Å². The predicted octanol–water partition coefficient (Wildman–Crippen LogP) is 5.34. The minimum atomic E-state index is -2.48. The number of hydrogen-bond acceptors (Lipinski definition) is 0. The molecule has 0 aliphatic rings. The fourth-order valence-electron chi connectivity index (χ4n) is 4.68. The molecule has 3 aromatic rings. The Morgan fingerprint density at radius 3 is 1.00 bits per heavy atom. The van der Waals surface area contributed by atoms with Gasteiger partial charge in [-0.05, 0) is 0 Å². The monoisotopic (exact) mass is 348 g/mol. The molecule has 0 N–H and O–H groups in total. The van der Waals surface area contributed by atoms with Crippen molar-refractivity contribution in [1.82, 2.24) is 0 Å². The summed E-state index contributed by atoms with van der Waals surface area (Å²) < 4.78 is 0. The van der Waals surface area contributed by atoms with E-state index in [2.05, 4.69) is 105 Å². The standard InChI is InChI=1S/C24H29P/c1-3-20-25(21-4-2,22-14-8-5-9-15-22,23-16-10-6-11-17-23)24-18-12-7-13-19-24/h5-19H,3-4,20-21H2,1-2H3. The zero-order valence-corrected chi connectivity index (χ0v) is 16.3. The van der Waals surface area contributed by atoms with Crippen molar-refractivity contribution in [3.63, 3.8) is 0 Å². The second-order valence-electron chi connectivity index (χ2n) is 6.96. The molecule has 0 radical (unpaired) electrons. The summed E-state index contributed by atoms with van der Waals surface area (Å²) in [5, 5.41) is 4.61. The molecule has 0 saturated heterocycles. The average molecular weight is 348 g/mol. The van der Waals surface area contributed by atoms with E-state index in [1.54, 1.807) is 0 Å². The molecule has 0 unspecified atom stereocenters. The molecule has 0 heterocycles. The van der Waals surface area contributed by atoms with E-state index in [0.717, 1.165) is 0 Å². The first-order valence-electron chi connectivity index (χ1n) is 9.45. The van der Waals surface area contributed by atoms with Crippen molar-refractivity contribution in [2.75, 3.05) is 12.3 Å². The van der Waals surface area contributed by atoms with Crippen molar-refractivity contribution in [2.45, 2.75) is 26.7 Å². The Balaban J connectivity index is 2.47. The average Bonchev–Trinajstić information content (AvgIpc) is 2.70. The van der Waals surface area contributed by atoms with Gasteiger partial charge in [-0.25, -0.2) is 0 Å². The van der Waals surface area contributed by atoms with Crippen molar-refractivity contribution < 1.29 is 0 Å². The van der Waals surface area contributed by atoms with Gasteiger partial charge in [0.15, 0.2) is 0 Å². The number of rotatable bonds is 7. The van der Waals surface area contributed by atoms with E-state index in [9.17, 15) is 0 Å². The maximum atomic E-state index is 2.38. The zero-order valence-electron chi connectivity index (χ0n) is 15.4. The molecule has 0 saturated carbocycles. The third kappa shape index (κ3) is 2.83. The van der Waals surface area contributed by atoms with Gasteiger partial charge in [0.1, 0.15) is 0 Å². The van der Waals surface area contributed by atoms with Gasteiger partial charge in [-0.1, -0.05) is 0 Å². The van der Waals surface area contributed by atoms with E-state index in [4.69, 9.17) is 0 Å². The molecule has 0 amide bonds. The molecule has 0 bridgehead atoms. The van der Waals surface area contributed by atoms with Gasteiger partial charge in [0.05, 0.1) is 0 Å². The second kappa shape index (κ2) is 7.54. The molecule has 1 heteroatoms. The molecular formula is C24H29P. The Labute approximate surface area is 152 Å². The first-order valence-corrected chi connectivity index (χ1v) is 12.1. The molecule has 0 aromatic heterocycles. The molecule has 25 heavy (non-hydrogen) atoms. The summed E-state index contributed by atoms with van der Waals surface area (Å²) in [6.45, 7) is 2.19. The molecule has 130 valence electrons. The summed E-state index contributed by atoms with van der Waals surface area (Å²) in [6.07, 6.45) is 4.85. The topological polar surface area (TPSA) is 0 Å². The van der Waals surface area contributed by atoms with Crippen LogP contribution in [0.25, 0.3) is 0 Å². The third-order valence-corrected chi connectivity index (χ3v) is 13.1. The van der Waals surface area contributed by atoms with E-state index in [0.29, 0.717) is 0 Å². The molecular weight excluding hydrogens is 319 g/mol. The van der Waals surface area contributed by atoms with Gasteiger partial charge in [0, 0.05) is 0 Å². The van der Waals surface area contributed by atoms with Crippen molar-refractivity contribution in [2.24, 2.45) is 0 Å². The van der Waals surface area contributed by atoms with E-state index in [1.807, 2.05) is 0 Å². The van der Waals surface area contributed by atoms with Crippen LogP contribution in [-0.4, -0.2) is 12.3 Å². The first-order chi connectivity index (χ1) is 12.3. The van der Waals surface area contributed by atoms with E-state index >= 15 is 0 Å². The molecule has 0 nitrogen and oxygen atoms in total. The minimum absolute atomic E-state index is 1.19. The Morgan fingerprint density at radius 1 is 0.480 bits per heavy atom. The van der Waals surface area contributed by atoms with Crippen LogP contribution in [0.3, 0.4) is 0 Å². The van der Waals surface area contributed by atoms with Gasteiger partial charge in [0.2, 0.25) is 0 Å². The van der Waals surface area contributed by atoms with Gasteiger partial charge in [-0.3, -0.25) is 0 Å². The van der Waals surface area contributed by atoms with Gasteiger partial charge >= 0.3 is 153 Å². The summed E-state index contributed by atoms with van der Waals surface area (Å²) >= 11 is 0. The molecule has 3 aromatic carbocycles. The van der Waals surface area contributed by atoms with Crippen molar-refractivity contribution >= 4 is 22.5 Å². The fourth-order valence-corrected chi connectivity index (χ4v) is 12.0. The van der Waals surface area contributed by atoms with Crippen LogP contribution in [0, 0.1) is 0 Å². The van der Waals surface area contributed by atoms with Crippen LogP contribution in [0.5, 0.6) is 0 Å². The van der Waals surface area contributed by atoms with E-state index < -0.39 is 6.60 Å². The van der Waals surface area contributed by atoms with Gasteiger partial charge in [-0.2, -0.15) is 0 Å². The molecule has 0 aliphatic carbocycles. The Hall–Kier alpha value is -1.91. The summed E-state index contributed by atoms with van der Waals surface area (Å²) in [5.41, 5.74) is 0. The predicted molar refractivity (Wildman–Crippen MR) is 115 cm³/mol. The van der Waals surface area contributed by atoms with Crippen LogP contribution < -0.4 is 15.9 Å². The normalized spacial score (nSPS) is 13.1. The van der Waals surface area contributed by atoms with Gasteiger partial charge in [0.25, 0.3) is 0 Å². The van der Waals surface area contributed by atoms with E-state index in [-0.39, 0.29) is 0 Å². The van der Waals surface area contributed by atoms with Gasteiger partial charge in [-0.15, -0.1) is 0 Å². The van der Waals surface area contributed by atoms with Gasteiger partial charge < -0.3 is 0 Å². The SMILES string of the molecule is CCCP(CCC)(c1ccccc1)(c1ccccc1)c1ccccc1.